The van der Waals surface area contributed by atoms with Gasteiger partial charge in [-0.25, -0.2) is 9.88 Å². The maximum atomic E-state index is 13.4. The Morgan fingerprint density at radius 3 is 2.46 bits per heavy atom. The van der Waals surface area contributed by atoms with Crippen LogP contribution < -0.4 is 4.90 Å². The van der Waals surface area contributed by atoms with E-state index in [1.54, 1.807) is 41.3 Å². The molecule has 2 aromatic heterocycles. The molecule has 6 aromatic rings. The molecule has 168 valence electrons. The van der Waals surface area contributed by atoms with Crippen molar-refractivity contribution in [2.45, 2.75) is 10.1 Å². The van der Waals surface area contributed by atoms with E-state index in [0.29, 0.717) is 16.8 Å². The first kappa shape index (κ1) is 20.4. The van der Waals surface area contributed by atoms with Crippen molar-refractivity contribution in [3.63, 3.8) is 0 Å². The number of carbonyl (C=O) groups is 2. The van der Waals surface area contributed by atoms with Crippen LogP contribution in [0.2, 0.25) is 0 Å². The lowest BCUT2D eigenvalue weighted by Gasteiger charge is -2.27. The zero-order valence-electron chi connectivity index (χ0n) is 18.3. The van der Waals surface area contributed by atoms with Gasteiger partial charge < -0.3 is 4.98 Å². The van der Waals surface area contributed by atoms with Crippen LogP contribution in [0.4, 0.5) is 5.69 Å². The van der Waals surface area contributed by atoms with Crippen LogP contribution in [0.5, 0.6) is 0 Å². The summed E-state index contributed by atoms with van der Waals surface area (Å²) >= 11 is 3.27. The molecule has 4 aromatic carbocycles. The van der Waals surface area contributed by atoms with Gasteiger partial charge in [0.1, 0.15) is 0 Å². The lowest BCUT2D eigenvalue weighted by Crippen LogP contribution is -2.40. The molecular formula is C28H17N3O2S2. The van der Waals surface area contributed by atoms with Crippen molar-refractivity contribution >= 4 is 72.5 Å². The van der Waals surface area contributed by atoms with Gasteiger partial charge in [0.25, 0.3) is 11.8 Å². The first-order valence-electron chi connectivity index (χ1n) is 11.2. The molecule has 0 spiro atoms. The Bertz CT molecular complexity index is 1770. The van der Waals surface area contributed by atoms with Gasteiger partial charge in [-0.1, -0.05) is 54.2 Å². The van der Waals surface area contributed by atoms with Gasteiger partial charge in [-0.3, -0.25) is 9.59 Å². The third-order valence-corrected chi connectivity index (χ3v) is 8.62. The predicted molar refractivity (Wildman–Crippen MR) is 143 cm³/mol. The van der Waals surface area contributed by atoms with E-state index in [9.17, 15) is 9.59 Å². The molecule has 5 nitrogen and oxygen atoms in total. The molecule has 35 heavy (non-hydrogen) atoms. The second-order valence-corrected chi connectivity index (χ2v) is 10.7. The summed E-state index contributed by atoms with van der Waals surface area (Å²) in [6, 6.07) is 25.0. The van der Waals surface area contributed by atoms with Crippen LogP contribution in [0.15, 0.2) is 89.4 Å². The van der Waals surface area contributed by atoms with Crippen LogP contribution in [0.3, 0.4) is 0 Å². The lowest BCUT2D eigenvalue weighted by molar-refractivity contribution is 0.0893. The van der Waals surface area contributed by atoms with E-state index in [1.165, 1.54) is 15.8 Å². The highest BCUT2D eigenvalue weighted by Crippen LogP contribution is 2.37. The number of thiazole rings is 1. The fraction of sp³-hybridized carbons (Fsp3) is 0.0357. The van der Waals surface area contributed by atoms with Crippen LogP contribution in [0.25, 0.3) is 31.9 Å². The van der Waals surface area contributed by atoms with Gasteiger partial charge in [-0.15, -0.1) is 11.3 Å². The molecule has 7 heteroatoms. The number of hydrogen-bond acceptors (Lipinski definition) is 5. The molecule has 0 radical (unpaired) electrons. The summed E-state index contributed by atoms with van der Waals surface area (Å²) in [5.74, 6) is 0.217. The number of carbonyl (C=O) groups excluding carboxylic acids is 2. The smallest absolute Gasteiger partial charge is 0.265 e. The molecule has 0 fully saturated rings. The van der Waals surface area contributed by atoms with Crippen LogP contribution in [-0.2, 0) is 5.75 Å². The summed E-state index contributed by atoms with van der Waals surface area (Å²) in [6.45, 7) is 0. The van der Waals surface area contributed by atoms with Gasteiger partial charge in [0, 0.05) is 39.4 Å². The minimum absolute atomic E-state index is 0.294. The number of hydrogen-bond donors (Lipinski definition) is 1. The van der Waals surface area contributed by atoms with Crippen LogP contribution in [0.1, 0.15) is 26.3 Å². The van der Waals surface area contributed by atoms with Gasteiger partial charge in [0.2, 0.25) is 0 Å². The van der Waals surface area contributed by atoms with E-state index >= 15 is 0 Å². The summed E-state index contributed by atoms with van der Waals surface area (Å²) in [6.07, 6.45) is 2.05. The predicted octanol–water partition coefficient (Wildman–Crippen LogP) is 7.02. The Kier molecular flexibility index (Phi) is 4.55. The monoisotopic (exact) mass is 491 g/mol. The van der Waals surface area contributed by atoms with Crippen molar-refractivity contribution in [3.05, 3.63) is 102 Å². The average Bonchev–Trinajstić information content (AvgIpc) is 3.49. The number of rotatable bonds is 4. The molecule has 2 amide bonds. The molecular weight excluding hydrogens is 474 g/mol. The van der Waals surface area contributed by atoms with E-state index in [-0.39, 0.29) is 11.8 Å². The number of benzene rings is 4. The second-order valence-electron chi connectivity index (χ2n) is 8.43. The standard InChI is InChI=1S/C28H17N3O2S2/c32-26-20-8-3-5-16-6-4-9-21(25(16)20)27(33)31(26)18-11-12-23-24(13-18)35-28(30-23)34-15-17-14-29-22-10-2-1-7-19(17)22/h1-14,29H,15H2. The summed E-state index contributed by atoms with van der Waals surface area (Å²) in [7, 11) is 0. The van der Waals surface area contributed by atoms with E-state index in [2.05, 4.69) is 23.3 Å². The third-order valence-electron chi connectivity index (χ3n) is 6.41. The van der Waals surface area contributed by atoms with Crippen LogP contribution in [-0.4, -0.2) is 21.8 Å². The minimum Gasteiger partial charge on any atom is -0.361 e. The SMILES string of the molecule is O=C1c2cccc3cccc(c23)C(=O)N1c1ccc2nc(SCc3c[nH]c4ccccc34)sc2c1. The van der Waals surface area contributed by atoms with Crippen LogP contribution >= 0.6 is 23.1 Å². The van der Waals surface area contributed by atoms with Gasteiger partial charge >= 0.3 is 0 Å². The molecule has 0 saturated heterocycles. The maximum absolute atomic E-state index is 13.4. The van der Waals surface area contributed by atoms with Crippen molar-refractivity contribution in [2.24, 2.45) is 0 Å². The molecule has 0 saturated carbocycles. The molecule has 0 aliphatic carbocycles. The highest BCUT2D eigenvalue weighted by atomic mass is 32.2. The lowest BCUT2D eigenvalue weighted by atomic mass is 9.94. The zero-order chi connectivity index (χ0) is 23.5. The van der Waals surface area contributed by atoms with E-state index in [0.717, 1.165) is 36.6 Å². The van der Waals surface area contributed by atoms with Gasteiger partial charge in [0.15, 0.2) is 4.34 Å². The molecule has 0 atom stereocenters. The number of thioether (sulfide) groups is 1. The number of amides is 2. The van der Waals surface area contributed by atoms with E-state index in [1.807, 2.05) is 48.5 Å². The van der Waals surface area contributed by atoms with Crippen molar-refractivity contribution in [1.29, 1.82) is 0 Å². The molecule has 1 aliphatic rings. The minimum atomic E-state index is -0.294. The summed E-state index contributed by atoms with van der Waals surface area (Å²) in [4.78, 5) is 36.1. The van der Waals surface area contributed by atoms with E-state index in [4.69, 9.17) is 4.98 Å². The maximum Gasteiger partial charge on any atom is 0.265 e. The normalized spacial score (nSPS) is 13.4. The average molecular weight is 492 g/mol. The summed E-state index contributed by atoms with van der Waals surface area (Å²) in [5, 5.41) is 2.85. The fourth-order valence-electron chi connectivity index (χ4n) is 4.75. The number of nitrogens with one attached hydrogen (secondary N) is 1. The van der Waals surface area contributed by atoms with Crippen molar-refractivity contribution in [3.8, 4) is 0 Å². The van der Waals surface area contributed by atoms with Gasteiger partial charge in [-0.05, 0) is 47.3 Å². The van der Waals surface area contributed by atoms with Gasteiger partial charge in [-0.2, -0.15) is 0 Å². The quantitative estimate of drug-likeness (QED) is 0.212. The molecule has 1 N–H and O–H groups in total. The molecule has 0 unspecified atom stereocenters. The second kappa shape index (κ2) is 7.80. The molecule has 0 bridgehead atoms. The number of H-pyrrole nitrogens is 1. The Morgan fingerprint density at radius 2 is 1.66 bits per heavy atom. The number of aromatic amines is 1. The highest BCUT2D eigenvalue weighted by Gasteiger charge is 2.34. The topological polar surface area (TPSA) is 66.1 Å². The summed E-state index contributed by atoms with van der Waals surface area (Å²) < 4.78 is 1.90. The van der Waals surface area contributed by atoms with Crippen LogP contribution in [0, 0.1) is 0 Å². The number of aromatic nitrogens is 2. The Morgan fingerprint density at radius 1 is 0.886 bits per heavy atom. The third kappa shape index (κ3) is 3.20. The van der Waals surface area contributed by atoms with Crippen molar-refractivity contribution in [2.75, 3.05) is 4.90 Å². The fourth-order valence-corrected chi connectivity index (χ4v) is 6.84. The Hall–Kier alpha value is -3.94. The van der Waals surface area contributed by atoms with Crippen molar-refractivity contribution in [1.82, 2.24) is 9.97 Å². The number of nitrogens with zero attached hydrogens (tertiary/aromatic N) is 2. The number of anilines is 1. The largest absolute Gasteiger partial charge is 0.361 e. The number of imide groups is 1. The molecule has 7 rings (SSSR count). The Labute approximate surface area is 208 Å². The van der Waals surface area contributed by atoms with E-state index < -0.39 is 0 Å². The first-order chi connectivity index (χ1) is 17.2. The molecule has 1 aliphatic heterocycles. The highest BCUT2D eigenvalue weighted by molar-refractivity contribution is 8.00. The molecule has 3 heterocycles. The summed E-state index contributed by atoms with van der Waals surface area (Å²) in [5.41, 5.74) is 4.90. The zero-order valence-corrected chi connectivity index (χ0v) is 20.0. The number of para-hydroxylation sites is 1. The first-order valence-corrected chi connectivity index (χ1v) is 13.0. The Balaban J connectivity index is 1.21. The van der Waals surface area contributed by atoms with Crippen molar-refractivity contribution < 1.29 is 9.59 Å². The number of fused-ring (bicyclic) bond motifs is 2. The van der Waals surface area contributed by atoms with Gasteiger partial charge in [0.05, 0.1) is 15.9 Å².